The Morgan fingerprint density at radius 2 is 2.00 bits per heavy atom. The summed E-state index contributed by atoms with van der Waals surface area (Å²) in [5, 5.41) is 19.4. The van der Waals surface area contributed by atoms with Crippen LogP contribution in [0.15, 0.2) is 24.3 Å². The van der Waals surface area contributed by atoms with E-state index in [1.165, 1.54) is 0 Å². The molecule has 4 atom stereocenters. The second-order valence-electron chi connectivity index (χ2n) is 7.77. The van der Waals surface area contributed by atoms with Crippen molar-refractivity contribution in [3.63, 3.8) is 0 Å². The Morgan fingerprint density at radius 3 is 2.62 bits per heavy atom. The highest BCUT2D eigenvalue weighted by atomic mass is 16.4. The topological polar surface area (TPSA) is 74.6 Å². The van der Waals surface area contributed by atoms with Crippen LogP contribution in [0.1, 0.15) is 78.6 Å². The molecule has 1 aliphatic rings. The molecule has 2 N–H and O–H groups in total. The molecule has 1 rings (SSSR count). The van der Waals surface area contributed by atoms with Gasteiger partial charge >= 0.3 is 5.97 Å². The van der Waals surface area contributed by atoms with Crippen molar-refractivity contribution in [1.29, 1.82) is 0 Å². The number of ketones is 1. The number of aliphatic hydroxyl groups excluding tert-OH is 1. The van der Waals surface area contributed by atoms with Crippen LogP contribution in [0.3, 0.4) is 0 Å². The minimum Gasteiger partial charge on any atom is -0.481 e. The number of hydrogen-bond donors (Lipinski definition) is 2. The van der Waals surface area contributed by atoms with E-state index in [0.29, 0.717) is 19.3 Å². The number of carboxylic acid groups (broad SMARTS) is 1. The molecule has 0 amide bonds. The van der Waals surface area contributed by atoms with Gasteiger partial charge in [-0.15, -0.1) is 0 Å². The van der Waals surface area contributed by atoms with Crippen LogP contribution in [-0.2, 0) is 9.59 Å². The van der Waals surface area contributed by atoms with Gasteiger partial charge < -0.3 is 10.2 Å². The van der Waals surface area contributed by atoms with Gasteiger partial charge in [0, 0.05) is 17.8 Å². The highest BCUT2D eigenvalue weighted by Gasteiger charge is 2.45. The zero-order valence-electron chi connectivity index (χ0n) is 16.6. The van der Waals surface area contributed by atoms with Crippen molar-refractivity contribution < 1.29 is 19.8 Å². The van der Waals surface area contributed by atoms with Crippen LogP contribution in [0.25, 0.3) is 0 Å². The molecule has 0 heterocycles. The van der Waals surface area contributed by atoms with Gasteiger partial charge in [-0.05, 0) is 44.1 Å². The summed E-state index contributed by atoms with van der Waals surface area (Å²) in [6.45, 7) is 6.30. The predicted octanol–water partition coefficient (Wildman–Crippen LogP) is 4.92. The lowest BCUT2D eigenvalue weighted by molar-refractivity contribution is -0.137. The molecule has 0 aliphatic heterocycles. The van der Waals surface area contributed by atoms with Crippen molar-refractivity contribution in [3.8, 4) is 0 Å². The number of carbonyl (C=O) groups is 2. The molecule has 148 valence electrons. The molecule has 2 unspecified atom stereocenters. The Hall–Kier alpha value is -1.42. The van der Waals surface area contributed by atoms with E-state index in [-0.39, 0.29) is 29.5 Å². The Kier molecular flexibility index (Phi) is 9.85. The van der Waals surface area contributed by atoms with E-state index in [2.05, 4.69) is 13.8 Å². The first-order valence-corrected chi connectivity index (χ1v) is 10.1. The van der Waals surface area contributed by atoms with Crippen LogP contribution in [0.5, 0.6) is 0 Å². The van der Waals surface area contributed by atoms with Gasteiger partial charge in [0.15, 0.2) is 5.78 Å². The summed E-state index contributed by atoms with van der Waals surface area (Å²) in [5.41, 5.74) is -0.283. The number of hydrogen-bond acceptors (Lipinski definition) is 3. The van der Waals surface area contributed by atoms with E-state index in [0.717, 1.165) is 32.1 Å². The summed E-state index contributed by atoms with van der Waals surface area (Å²) >= 11 is 0. The van der Waals surface area contributed by atoms with Crippen molar-refractivity contribution in [2.24, 2.45) is 17.3 Å². The molecule has 0 aromatic carbocycles. The second-order valence-corrected chi connectivity index (χ2v) is 7.77. The van der Waals surface area contributed by atoms with Crippen molar-refractivity contribution in [1.82, 2.24) is 0 Å². The molecule has 0 radical (unpaired) electrons. The fraction of sp³-hybridized carbons (Fsp3) is 0.727. The average Bonchev–Trinajstić information content (AvgIpc) is 2.98. The SMILES string of the molecule is CCCCCC(C)(C(O)CC)[C@H]1C=CC(=O)[C@@H]1CC=CCCCC(=O)O. The van der Waals surface area contributed by atoms with Crippen molar-refractivity contribution in [2.45, 2.75) is 84.7 Å². The molecule has 1 aliphatic carbocycles. The molecule has 4 heteroatoms. The summed E-state index contributed by atoms with van der Waals surface area (Å²) < 4.78 is 0. The van der Waals surface area contributed by atoms with Crippen LogP contribution in [-0.4, -0.2) is 28.1 Å². The van der Waals surface area contributed by atoms with Gasteiger partial charge in [-0.2, -0.15) is 0 Å². The average molecular weight is 365 g/mol. The maximum Gasteiger partial charge on any atom is 0.303 e. The number of carboxylic acids is 1. The van der Waals surface area contributed by atoms with E-state index in [1.54, 1.807) is 6.08 Å². The first kappa shape index (κ1) is 22.6. The number of rotatable bonds is 13. The summed E-state index contributed by atoms with van der Waals surface area (Å²) in [7, 11) is 0. The van der Waals surface area contributed by atoms with E-state index in [4.69, 9.17) is 5.11 Å². The van der Waals surface area contributed by atoms with Gasteiger partial charge in [0.25, 0.3) is 0 Å². The Balaban J connectivity index is 2.75. The molecule has 0 saturated carbocycles. The van der Waals surface area contributed by atoms with E-state index >= 15 is 0 Å². The Bertz CT molecular complexity index is 508. The van der Waals surface area contributed by atoms with Crippen molar-refractivity contribution in [2.75, 3.05) is 0 Å². The first-order valence-electron chi connectivity index (χ1n) is 10.1. The van der Waals surface area contributed by atoms with E-state index < -0.39 is 12.1 Å². The third-order valence-electron chi connectivity index (χ3n) is 5.81. The van der Waals surface area contributed by atoms with Crippen LogP contribution in [0.2, 0.25) is 0 Å². The minimum atomic E-state index is -0.773. The van der Waals surface area contributed by atoms with Gasteiger partial charge in [0.2, 0.25) is 0 Å². The van der Waals surface area contributed by atoms with E-state index in [9.17, 15) is 14.7 Å². The third-order valence-corrected chi connectivity index (χ3v) is 5.81. The molecule has 0 bridgehead atoms. The highest BCUT2D eigenvalue weighted by Crippen LogP contribution is 2.46. The van der Waals surface area contributed by atoms with Crippen LogP contribution in [0.4, 0.5) is 0 Å². The maximum atomic E-state index is 12.4. The molecule has 0 saturated heterocycles. The number of allylic oxidation sites excluding steroid dienone is 4. The molecule has 26 heavy (non-hydrogen) atoms. The third kappa shape index (κ3) is 6.39. The molecule has 0 fully saturated rings. The molecule has 0 spiro atoms. The molecule has 0 aromatic rings. The van der Waals surface area contributed by atoms with Gasteiger partial charge in [0.1, 0.15) is 0 Å². The lowest BCUT2D eigenvalue weighted by atomic mass is 9.64. The lowest BCUT2D eigenvalue weighted by Gasteiger charge is -2.41. The smallest absolute Gasteiger partial charge is 0.303 e. The Labute approximate surface area is 158 Å². The highest BCUT2D eigenvalue weighted by molar-refractivity contribution is 5.94. The number of unbranched alkanes of at least 4 members (excludes halogenated alkanes) is 3. The molecular formula is C22H36O4. The minimum absolute atomic E-state index is 0.0606. The number of carbonyl (C=O) groups excluding carboxylic acids is 1. The predicted molar refractivity (Wildman–Crippen MR) is 105 cm³/mol. The monoisotopic (exact) mass is 364 g/mol. The molecule has 4 nitrogen and oxygen atoms in total. The Morgan fingerprint density at radius 1 is 1.27 bits per heavy atom. The summed E-state index contributed by atoms with van der Waals surface area (Å²) in [5.74, 6) is -0.677. The maximum absolute atomic E-state index is 12.4. The fourth-order valence-corrected chi connectivity index (χ4v) is 4.08. The second kappa shape index (κ2) is 11.3. The summed E-state index contributed by atoms with van der Waals surface area (Å²) in [6, 6.07) is 0. The van der Waals surface area contributed by atoms with Gasteiger partial charge in [-0.1, -0.05) is 58.3 Å². The van der Waals surface area contributed by atoms with E-state index in [1.807, 2.05) is 25.2 Å². The molecular weight excluding hydrogens is 328 g/mol. The zero-order valence-corrected chi connectivity index (χ0v) is 16.6. The largest absolute Gasteiger partial charge is 0.481 e. The van der Waals surface area contributed by atoms with Gasteiger partial charge in [0.05, 0.1) is 6.10 Å². The molecule has 0 aromatic heterocycles. The summed E-state index contributed by atoms with van der Waals surface area (Å²) in [4.78, 5) is 22.9. The number of aliphatic carboxylic acids is 1. The lowest BCUT2D eigenvalue weighted by Crippen LogP contribution is -2.41. The summed E-state index contributed by atoms with van der Waals surface area (Å²) in [6.07, 6.45) is 14.4. The standard InChI is InChI=1S/C22H36O4/c1-4-6-11-16-22(3,20(24)5-2)18-14-15-19(23)17(18)12-9-7-8-10-13-21(25)26/h7,9,14-15,17-18,20,24H,4-6,8,10-13,16H2,1-3H3,(H,25,26)/t17-,18+,20?,22?/m1/s1. The van der Waals surface area contributed by atoms with Crippen molar-refractivity contribution >= 4 is 11.8 Å². The van der Waals surface area contributed by atoms with Crippen molar-refractivity contribution in [3.05, 3.63) is 24.3 Å². The van der Waals surface area contributed by atoms with Crippen LogP contribution in [0, 0.1) is 17.3 Å². The zero-order chi connectivity index (χ0) is 19.6. The fourth-order valence-electron chi connectivity index (χ4n) is 4.08. The first-order chi connectivity index (χ1) is 12.4. The van der Waals surface area contributed by atoms with Crippen LogP contribution >= 0.6 is 0 Å². The van der Waals surface area contributed by atoms with Gasteiger partial charge in [-0.3, -0.25) is 9.59 Å². The quantitative estimate of drug-likeness (QED) is 0.359. The van der Waals surface area contributed by atoms with Crippen LogP contribution < -0.4 is 0 Å². The van der Waals surface area contributed by atoms with Gasteiger partial charge in [-0.25, -0.2) is 0 Å². The normalized spacial score (nSPS) is 23.5. The number of aliphatic hydroxyl groups is 1.